The average molecular weight is 280 g/mol. The largest absolute Gasteiger partial charge is 0.496 e. The Balaban J connectivity index is 2.21. The molecule has 112 valence electrons. The van der Waals surface area contributed by atoms with E-state index in [1.54, 1.807) is 21.3 Å². The molecule has 20 heavy (non-hydrogen) atoms. The van der Waals surface area contributed by atoms with Gasteiger partial charge in [-0.2, -0.15) is 0 Å². The number of ether oxygens (including phenoxy) is 3. The van der Waals surface area contributed by atoms with Crippen molar-refractivity contribution in [3.05, 3.63) is 29.8 Å². The molecule has 1 aromatic rings. The van der Waals surface area contributed by atoms with Gasteiger partial charge in [0.25, 0.3) is 0 Å². The van der Waals surface area contributed by atoms with Crippen molar-refractivity contribution in [1.82, 2.24) is 4.90 Å². The predicted octanol–water partition coefficient (Wildman–Crippen LogP) is 1.04. The molecule has 0 spiro atoms. The summed E-state index contributed by atoms with van der Waals surface area (Å²) in [4.78, 5) is 2.31. The lowest BCUT2D eigenvalue weighted by molar-refractivity contribution is -0.00461. The fourth-order valence-corrected chi connectivity index (χ4v) is 2.89. The number of rotatable bonds is 6. The van der Waals surface area contributed by atoms with E-state index in [0.717, 1.165) is 24.4 Å². The van der Waals surface area contributed by atoms with Crippen molar-refractivity contribution in [2.45, 2.75) is 18.2 Å². The maximum absolute atomic E-state index is 6.00. The first-order valence-electron chi connectivity index (χ1n) is 6.87. The van der Waals surface area contributed by atoms with Gasteiger partial charge in [-0.25, -0.2) is 0 Å². The van der Waals surface area contributed by atoms with Crippen LogP contribution in [-0.2, 0) is 9.47 Å². The molecule has 0 bridgehead atoms. The van der Waals surface area contributed by atoms with Gasteiger partial charge >= 0.3 is 0 Å². The lowest BCUT2D eigenvalue weighted by Gasteiger charge is -2.28. The number of nitrogens with zero attached hydrogens (tertiary/aromatic N) is 1. The van der Waals surface area contributed by atoms with Gasteiger partial charge in [0.15, 0.2) is 0 Å². The Bertz CT molecular complexity index is 415. The summed E-state index contributed by atoms with van der Waals surface area (Å²) in [6.07, 6.45) is 0.174. The third-order valence-electron chi connectivity index (χ3n) is 4.01. The van der Waals surface area contributed by atoms with E-state index < -0.39 is 0 Å². The fourth-order valence-electron chi connectivity index (χ4n) is 2.89. The number of methoxy groups -OCH3 is 3. The first kappa shape index (κ1) is 15.3. The van der Waals surface area contributed by atoms with Crippen LogP contribution in [0, 0.1) is 0 Å². The van der Waals surface area contributed by atoms with Crippen LogP contribution in [-0.4, -0.2) is 58.1 Å². The zero-order valence-corrected chi connectivity index (χ0v) is 12.4. The summed E-state index contributed by atoms with van der Waals surface area (Å²) in [5.74, 6) is 0.873. The third-order valence-corrected chi connectivity index (χ3v) is 4.01. The zero-order chi connectivity index (χ0) is 14.5. The molecule has 5 heteroatoms. The Morgan fingerprint density at radius 1 is 1.15 bits per heavy atom. The average Bonchev–Trinajstić information content (AvgIpc) is 2.91. The van der Waals surface area contributed by atoms with E-state index in [1.165, 1.54) is 0 Å². The summed E-state index contributed by atoms with van der Waals surface area (Å²) < 4.78 is 16.4. The maximum Gasteiger partial charge on any atom is 0.123 e. The van der Waals surface area contributed by atoms with Crippen LogP contribution in [0.3, 0.4) is 0 Å². The quantitative estimate of drug-likeness (QED) is 0.844. The van der Waals surface area contributed by atoms with Gasteiger partial charge in [-0.15, -0.1) is 0 Å². The number of hydrogen-bond acceptors (Lipinski definition) is 5. The first-order valence-corrected chi connectivity index (χ1v) is 6.87. The Kier molecular flexibility index (Phi) is 5.37. The van der Waals surface area contributed by atoms with Crippen LogP contribution < -0.4 is 10.5 Å². The van der Waals surface area contributed by atoms with Gasteiger partial charge in [0.05, 0.1) is 25.4 Å². The van der Waals surface area contributed by atoms with E-state index in [-0.39, 0.29) is 18.2 Å². The topological polar surface area (TPSA) is 57.0 Å². The second-order valence-electron chi connectivity index (χ2n) is 5.00. The standard InChI is InChI=1S/C15H24N2O3/c1-18-13-7-5-4-6-11(13)12(8-16)17-9-14(19-2)15(10-17)20-3/h4-7,12,14-15H,8-10,16H2,1-3H3. The van der Waals surface area contributed by atoms with Gasteiger partial charge in [0, 0.05) is 39.4 Å². The van der Waals surface area contributed by atoms with Crippen molar-refractivity contribution in [1.29, 1.82) is 0 Å². The van der Waals surface area contributed by atoms with Crippen molar-refractivity contribution < 1.29 is 14.2 Å². The van der Waals surface area contributed by atoms with Crippen molar-refractivity contribution in [3.8, 4) is 5.75 Å². The van der Waals surface area contributed by atoms with Crippen molar-refractivity contribution in [2.75, 3.05) is 41.0 Å². The lowest BCUT2D eigenvalue weighted by Crippen LogP contribution is -2.33. The van der Waals surface area contributed by atoms with Crippen LogP contribution in [0.2, 0.25) is 0 Å². The molecule has 0 aromatic heterocycles. The highest BCUT2D eigenvalue weighted by Gasteiger charge is 2.37. The smallest absolute Gasteiger partial charge is 0.123 e. The third kappa shape index (κ3) is 2.96. The molecular weight excluding hydrogens is 256 g/mol. The van der Waals surface area contributed by atoms with Crippen LogP contribution in [0.25, 0.3) is 0 Å². The Hall–Kier alpha value is -1.14. The normalized spacial score (nSPS) is 24.8. The molecule has 2 rings (SSSR count). The molecule has 1 aliphatic rings. The molecule has 1 heterocycles. The van der Waals surface area contributed by atoms with Gasteiger partial charge in [0.2, 0.25) is 0 Å². The molecule has 2 N–H and O–H groups in total. The summed E-state index contributed by atoms with van der Waals surface area (Å²) in [6.45, 7) is 2.16. The maximum atomic E-state index is 6.00. The Labute approximate surface area is 120 Å². The van der Waals surface area contributed by atoms with E-state index >= 15 is 0 Å². The molecule has 3 unspecified atom stereocenters. The van der Waals surface area contributed by atoms with Crippen LogP contribution in [0.1, 0.15) is 11.6 Å². The van der Waals surface area contributed by atoms with E-state index in [9.17, 15) is 0 Å². The number of para-hydroxylation sites is 1. The molecule has 1 saturated heterocycles. The molecule has 0 radical (unpaired) electrons. The van der Waals surface area contributed by atoms with E-state index in [0.29, 0.717) is 6.54 Å². The molecule has 5 nitrogen and oxygen atoms in total. The Morgan fingerprint density at radius 2 is 1.75 bits per heavy atom. The van der Waals surface area contributed by atoms with Gasteiger partial charge in [0.1, 0.15) is 5.75 Å². The minimum Gasteiger partial charge on any atom is -0.496 e. The second-order valence-corrected chi connectivity index (χ2v) is 5.00. The fraction of sp³-hybridized carbons (Fsp3) is 0.600. The van der Waals surface area contributed by atoms with Crippen molar-refractivity contribution in [3.63, 3.8) is 0 Å². The monoisotopic (exact) mass is 280 g/mol. The van der Waals surface area contributed by atoms with Gasteiger partial charge in [-0.05, 0) is 6.07 Å². The van der Waals surface area contributed by atoms with Crippen LogP contribution in [0.4, 0.5) is 0 Å². The predicted molar refractivity (Wildman–Crippen MR) is 78.0 cm³/mol. The van der Waals surface area contributed by atoms with Crippen LogP contribution in [0.15, 0.2) is 24.3 Å². The van der Waals surface area contributed by atoms with Crippen molar-refractivity contribution >= 4 is 0 Å². The number of benzene rings is 1. The van der Waals surface area contributed by atoms with Gasteiger partial charge < -0.3 is 19.9 Å². The SMILES string of the molecule is COc1ccccc1C(CN)N1CC(OC)C(OC)C1. The van der Waals surface area contributed by atoms with Gasteiger partial charge in [-0.3, -0.25) is 4.90 Å². The van der Waals surface area contributed by atoms with Crippen LogP contribution in [0.5, 0.6) is 5.75 Å². The summed E-state index contributed by atoms with van der Waals surface area (Å²) in [6, 6.07) is 8.13. The molecule has 3 atom stereocenters. The number of hydrogen-bond donors (Lipinski definition) is 1. The first-order chi connectivity index (χ1) is 9.74. The van der Waals surface area contributed by atoms with Crippen molar-refractivity contribution in [2.24, 2.45) is 5.73 Å². The minimum atomic E-state index is 0.0868. The van der Waals surface area contributed by atoms with Gasteiger partial charge in [-0.1, -0.05) is 18.2 Å². The Morgan fingerprint density at radius 3 is 2.25 bits per heavy atom. The molecule has 0 amide bonds. The number of likely N-dealkylation sites (tertiary alicyclic amines) is 1. The molecule has 1 aromatic carbocycles. The molecular formula is C15H24N2O3. The zero-order valence-electron chi connectivity index (χ0n) is 12.4. The second kappa shape index (κ2) is 7.04. The summed E-state index contributed by atoms with van der Waals surface area (Å²) >= 11 is 0. The minimum absolute atomic E-state index is 0.0868. The highest BCUT2D eigenvalue weighted by molar-refractivity contribution is 5.36. The molecule has 0 saturated carbocycles. The highest BCUT2D eigenvalue weighted by Crippen LogP contribution is 2.32. The molecule has 0 aliphatic carbocycles. The summed E-state index contributed by atoms with van der Waals surface area (Å²) in [5.41, 5.74) is 7.12. The summed E-state index contributed by atoms with van der Waals surface area (Å²) in [7, 11) is 5.13. The van der Waals surface area contributed by atoms with Crippen LogP contribution >= 0.6 is 0 Å². The van der Waals surface area contributed by atoms with E-state index in [2.05, 4.69) is 11.0 Å². The van der Waals surface area contributed by atoms with E-state index in [4.69, 9.17) is 19.9 Å². The summed E-state index contributed by atoms with van der Waals surface area (Å²) in [5, 5.41) is 0. The van der Waals surface area contributed by atoms with E-state index in [1.807, 2.05) is 18.2 Å². The number of nitrogens with two attached hydrogens (primary N) is 1. The highest BCUT2D eigenvalue weighted by atomic mass is 16.5. The lowest BCUT2D eigenvalue weighted by atomic mass is 10.0. The molecule has 1 fully saturated rings. The molecule has 1 aliphatic heterocycles.